The zero-order valence-corrected chi connectivity index (χ0v) is 53.6. The SMILES string of the molecule is CCCCC/C=C\C/C=C\C/C=C\CCCCCCCCC(=O)OC(COC(=O)CCCCCCCCC/C=C\C/C=C\CCCCC)COP(=O)(O)OCC(CO)OC(=O)CCCCCCCCCCC/C=C\C/C=C\CCCCC. The van der Waals surface area contributed by atoms with Crippen LogP contribution in [0.25, 0.3) is 0 Å². The second-order valence-corrected chi connectivity index (χ2v) is 23.7. The van der Waals surface area contributed by atoms with Gasteiger partial charge in [0.1, 0.15) is 12.7 Å². The lowest BCUT2D eigenvalue weighted by Crippen LogP contribution is -2.30. The lowest BCUT2D eigenvalue weighted by Gasteiger charge is -2.21. The van der Waals surface area contributed by atoms with Crippen molar-refractivity contribution in [2.45, 2.75) is 315 Å². The van der Waals surface area contributed by atoms with Gasteiger partial charge in [-0.3, -0.25) is 23.4 Å². The molecule has 82 heavy (non-hydrogen) atoms. The lowest BCUT2D eigenvalue weighted by atomic mass is 10.1. The van der Waals surface area contributed by atoms with Gasteiger partial charge in [-0.1, -0.05) is 247 Å². The Labute approximate surface area is 502 Å². The number of hydrogen-bond acceptors (Lipinski definition) is 10. The number of carbonyl (C=O) groups is 3. The van der Waals surface area contributed by atoms with Gasteiger partial charge in [0.25, 0.3) is 0 Å². The normalized spacial score (nSPS) is 13.8. The average Bonchev–Trinajstić information content (AvgIpc) is 3.50. The Morgan fingerprint density at radius 2 is 0.598 bits per heavy atom. The molecule has 0 rings (SSSR count). The van der Waals surface area contributed by atoms with Crippen LogP contribution < -0.4 is 0 Å². The Kier molecular flexibility index (Phi) is 61.1. The molecule has 0 heterocycles. The van der Waals surface area contributed by atoms with Gasteiger partial charge in [0.05, 0.1) is 19.8 Å². The average molecular weight is 1170 g/mol. The predicted octanol–water partition coefficient (Wildman–Crippen LogP) is 20.6. The molecule has 0 bridgehead atoms. The first-order valence-corrected chi connectivity index (χ1v) is 35.0. The van der Waals surface area contributed by atoms with Crippen LogP contribution in [0.2, 0.25) is 0 Å². The van der Waals surface area contributed by atoms with Crippen LogP contribution in [0, 0.1) is 0 Å². The van der Waals surface area contributed by atoms with E-state index in [0.717, 1.165) is 116 Å². The summed E-state index contributed by atoms with van der Waals surface area (Å²) in [5.74, 6) is -1.48. The number of allylic oxidation sites excluding steroid dienone is 14. The zero-order chi connectivity index (χ0) is 59.8. The quantitative estimate of drug-likeness (QED) is 0.0197. The van der Waals surface area contributed by atoms with Crippen molar-refractivity contribution in [3.63, 3.8) is 0 Å². The molecule has 0 aliphatic carbocycles. The molecular weight excluding hydrogens is 1050 g/mol. The predicted molar refractivity (Wildman–Crippen MR) is 344 cm³/mol. The molecule has 0 spiro atoms. The number of unbranched alkanes of at least 4 members (excludes halogenated alkanes) is 31. The number of aliphatic hydroxyl groups excluding tert-OH is 1. The van der Waals surface area contributed by atoms with E-state index in [1.54, 1.807) is 0 Å². The highest BCUT2D eigenvalue weighted by molar-refractivity contribution is 7.47. The summed E-state index contributed by atoms with van der Waals surface area (Å²) < 4.78 is 39.7. The Hall–Kier alpha value is -3.34. The van der Waals surface area contributed by atoms with Gasteiger partial charge in [0, 0.05) is 19.3 Å². The molecular formula is C70H123O11P. The molecule has 0 aromatic carbocycles. The minimum Gasteiger partial charge on any atom is -0.462 e. The molecule has 0 fully saturated rings. The summed E-state index contributed by atoms with van der Waals surface area (Å²) in [5, 5.41) is 9.87. The van der Waals surface area contributed by atoms with Crippen LogP contribution in [0.3, 0.4) is 0 Å². The van der Waals surface area contributed by atoms with Gasteiger partial charge in [-0.25, -0.2) is 4.57 Å². The highest BCUT2D eigenvalue weighted by Crippen LogP contribution is 2.43. The smallest absolute Gasteiger partial charge is 0.462 e. The second kappa shape index (κ2) is 63.7. The van der Waals surface area contributed by atoms with Crippen molar-refractivity contribution in [3.05, 3.63) is 85.1 Å². The van der Waals surface area contributed by atoms with E-state index < -0.39 is 57.8 Å². The van der Waals surface area contributed by atoms with Crippen molar-refractivity contribution in [3.8, 4) is 0 Å². The van der Waals surface area contributed by atoms with Crippen LogP contribution in [0.1, 0.15) is 303 Å². The van der Waals surface area contributed by atoms with Crippen LogP contribution in [-0.2, 0) is 42.2 Å². The van der Waals surface area contributed by atoms with E-state index in [0.29, 0.717) is 19.3 Å². The third-order valence-corrected chi connectivity index (χ3v) is 15.2. The first-order valence-electron chi connectivity index (χ1n) is 33.5. The number of aliphatic hydroxyl groups is 1. The molecule has 0 saturated carbocycles. The van der Waals surface area contributed by atoms with E-state index in [1.165, 1.54) is 128 Å². The molecule has 12 heteroatoms. The van der Waals surface area contributed by atoms with Gasteiger partial charge < -0.3 is 24.2 Å². The highest BCUT2D eigenvalue weighted by atomic mass is 31.2. The van der Waals surface area contributed by atoms with Crippen LogP contribution in [0.4, 0.5) is 0 Å². The fraction of sp³-hybridized carbons (Fsp3) is 0.757. The Morgan fingerprint density at radius 1 is 0.341 bits per heavy atom. The van der Waals surface area contributed by atoms with Gasteiger partial charge in [0.15, 0.2) is 6.10 Å². The maximum absolute atomic E-state index is 13.0. The van der Waals surface area contributed by atoms with Crippen molar-refractivity contribution < 1.29 is 52.2 Å². The molecule has 3 unspecified atom stereocenters. The number of phosphoric ester groups is 1. The van der Waals surface area contributed by atoms with E-state index in [2.05, 4.69) is 106 Å². The van der Waals surface area contributed by atoms with Crippen molar-refractivity contribution in [2.24, 2.45) is 0 Å². The second-order valence-electron chi connectivity index (χ2n) is 22.3. The van der Waals surface area contributed by atoms with Crippen molar-refractivity contribution in [2.75, 3.05) is 26.4 Å². The number of ether oxygens (including phenoxy) is 3. The third kappa shape index (κ3) is 61.2. The van der Waals surface area contributed by atoms with Crippen molar-refractivity contribution in [1.29, 1.82) is 0 Å². The molecule has 3 atom stereocenters. The van der Waals surface area contributed by atoms with Crippen LogP contribution in [0.15, 0.2) is 85.1 Å². The number of rotatable bonds is 62. The summed E-state index contributed by atoms with van der Waals surface area (Å²) in [7, 11) is -4.77. The summed E-state index contributed by atoms with van der Waals surface area (Å²) in [6.07, 6.45) is 75.2. The number of esters is 3. The molecule has 11 nitrogen and oxygen atoms in total. The molecule has 0 aliphatic rings. The summed E-state index contributed by atoms with van der Waals surface area (Å²) >= 11 is 0. The van der Waals surface area contributed by atoms with Gasteiger partial charge in [-0.05, 0) is 122 Å². The Morgan fingerprint density at radius 3 is 0.915 bits per heavy atom. The minimum atomic E-state index is -4.77. The Bertz CT molecular complexity index is 1700. The molecule has 2 N–H and O–H groups in total. The van der Waals surface area contributed by atoms with Crippen LogP contribution in [0.5, 0.6) is 0 Å². The van der Waals surface area contributed by atoms with Gasteiger partial charge in [-0.2, -0.15) is 0 Å². The lowest BCUT2D eigenvalue weighted by molar-refractivity contribution is -0.161. The molecule has 0 amide bonds. The maximum Gasteiger partial charge on any atom is 0.472 e. The summed E-state index contributed by atoms with van der Waals surface area (Å²) in [6.45, 7) is 4.58. The standard InChI is InChI=1S/C70H123O11P/c1-4-7-10-13-16-19-22-25-28-31-33-36-39-42-45-48-51-54-57-60-69(73)80-66(62-71)64-78-82(75,76)79-65-67(63-77-68(72)59-56-53-50-47-44-41-38-35-30-27-24-21-18-15-12-9-6-3)81-70(74)61-58-55-52-49-46-43-40-37-34-32-29-26-23-20-17-14-11-8-5-2/h16-21,25-30,34,37,66-67,71H,4-15,22-24,31-33,35-36,38-65H2,1-3H3,(H,75,76)/b19-16-,20-17-,21-18-,28-25-,29-26-,30-27-,37-34-. The summed E-state index contributed by atoms with van der Waals surface area (Å²) in [4.78, 5) is 48.8. The Balaban J connectivity index is 4.71. The topological polar surface area (TPSA) is 155 Å². The zero-order valence-electron chi connectivity index (χ0n) is 52.7. The van der Waals surface area contributed by atoms with Crippen molar-refractivity contribution >= 4 is 25.7 Å². The van der Waals surface area contributed by atoms with Crippen molar-refractivity contribution in [1.82, 2.24) is 0 Å². The van der Waals surface area contributed by atoms with Gasteiger partial charge in [0.2, 0.25) is 0 Å². The van der Waals surface area contributed by atoms with Gasteiger partial charge in [-0.15, -0.1) is 0 Å². The highest BCUT2D eigenvalue weighted by Gasteiger charge is 2.28. The van der Waals surface area contributed by atoms with E-state index in [9.17, 15) is 28.9 Å². The molecule has 0 aromatic heterocycles. The third-order valence-electron chi connectivity index (χ3n) is 14.3. The summed E-state index contributed by atoms with van der Waals surface area (Å²) in [6, 6.07) is 0. The molecule has 0 radical (unpaired) electrons. The largest absolute Gasteiger partial charge is 0.472 e. The molecule has 0 aromatic rings. The number of hydrogen-bond donors (Lipinski definition) is 2. The maximum atomic E-state index is 13.0. The molecule has 474 valence electrons. The minimum absolute atomic E-state index is 0.149. The fourth-order valence-corrected chi connectivity index (χ4v) is 9.91. The number of phosphoric acid groups is 1. The van der Waals surface area contributed by atoms with E-state index >= 15 is 0 Å². The van der Waals surface area contributed by atoms with E-state index in [-0.39, 0.29) is 25.9 Å². The molecule has 0 aliphatic heterocycles. The van der Waals surface area contributed by atoms with Gasteiger partial charge >= 0.3 is 25.7 Å². The molecule has 0 saturated heterocycles. The first-order chi connectivity index (χ1) is 40.2. The fourth-order valence-electron chi connectivity index (χ4n) is 9.13. The van der Waals surface area contributed by atoms with Crippen LogP contribution >= 0.6 is 7.82 Å². The number of carbonyl (C=O) groups excluding carboxylic acids is 3. The van der Waals surface area contributed by atoms with E-state index in [1.807, 2.05) is 0 Å². The summed E-state index contributed by atoms with van der Waals surface area (Å²) in [5.41, 5.74) is 0. The monoisotopic (exact) mass is 1170 g/mol. The van der Waals surface area contributed by atoms with E-state index in [4.69, 9.17) is 23.3 Å². The van der Waals surface area contributed by atoms with Crippen LogP contribution in [-0.4, -0.2) is 66.5 Å². The first kappa shape index (κ1) is 78.7.